The summed E-state index contributed by atoms with van der Waals surface area (Å²) < 4.78 is 22.1. The van der Waals surface area contributed by atoms with Crippen LogP contribution in [-0.4, -0.2) is 35.3 Å². The normalized spacial score (nSPS) is 11.9. The number of carbonyl (C=O) groups is 1. The maximum Gasteiger partial charge on any atom is 0.335 e. The molecule has 0 fully saturated rings. The lowest BCUT2D eigenvalue weighted by molar-refractivity contribution is -0.156. The first-order valence-electron chi connectivity index (χ1n) is 11.5. The molecule has 0 aliphatic rings. The number of hydrogen-bond donors (Lipinski definition) is 0. The molecule has 1 aromatic carbocycles. The SMILES string of the molecule is CCOC(=O)C(Cc1ccc(OCc2sc(-c3ncc(-c4ccco4)cn3)cc2C)cc1)OCC. The van der Waals surface area contributed by atoms with Crippen LogP contribution < -0.4 is 4.74 Å². The molecule has 4 rings (SSSR count). The first-order valence-corrected chi connectivity index (χ1v) is 12.3. The molecule has 0 aliphatic heterocycles. The smallest absolute Gasteiger partial charge is 0.335 e. The molecule has 0 saturated carbocycles. The van der Waals surface area contributed by atoms with E-state index in [2.05, 4.69) is 23.0 Å². The van der Waals surface area contributed by atoms with Crippen molar-refractivity contribution in [3.63, 3.8) is 0 Å². The summed E-state index contributed by atoms with van der Waals surface area (Å²) in [6.45, 7) is 6.94. The van der Waals surface area contributed by atoms with Crippen LogP contribution in [-0.2, 0) is 27.3 Å². The summed E-state index contributed by atoms with van der Waals surface area (Å²) in [5.74, 6) is 1.84. The standard InChI is InChI=1S/C27H28N2O5S/c1-4-31-23(27(30)32-5-2)14-19-8-10-21(11-9-19)34-17-25-18(3)13-24(35-25)26-28-15-20(16-29-26)22-7-6-12-33-22/h6-13,15-16,23H,4-5,14,17H2,1-3H3. The molecule has 1 atom stereocenters. The molecule has 0 saturated heterocycles. The topological polar surface area (TPSA) is 83.7 Å². The van der Waals surface area contributed by atoms with E-state index in [1.807, 2.05) is 43.3 Å². The van der Waals surface area contributed by atoms with Crippen LogP contribution in [0.25, 0.3) is 22.0 Å². The molecule has 4 aromatic rings. The summed E-state index contributed by atoms with van der Waals surface area (Å²) in [7, 11) is 0. The number of esters is 1. The third-order valence-electron chi connectivity index (χ3n) is 5.33. The highest BCUT2D eigenvalue weighted by Crippen LogP contribution is 2.31. The highest BCUT2D eigenvalue weighted by atomic mass is 32.1. The van der Waals surface area contributed by atoms with Gasteiger partial charge in [-0.15, -0.1) is 11.3 Å². The Bertz CT molecular complexity index is 1220. The molecule has 8 heteroatoms. The first kappa shape index (κ1) is 24.6. The Kier molecular flexibility index (Phi) is 8.28. The van der Waals surface area contributed by atoms with Crippen molar-refractivity contribution in [1.82, 2.24) is 9.97 Å². The van der Waals surface area contributed by atoms with E-state index >= 15 is 0 Å². The minimum absolute atomic E-state index is 0.335. The van der Waals surface area contributed by atoms with E-state index in [1.165, 1.54) is 0 Å². The second-order valence-electron chi connectivity index (χ2n) is 7.82. The Morgan fingerprint density at radius 3 is 2.51 bits per heavy atom. The third kappa shape index (κ3) is 6.35. The predicted octanol–water partition coefficient (Wildman–Crippen LogP) is 5.86. The van der Waals surface area contributed by atoms with Crippen LogP contribution in [0.4, 0.5) is 0 Å². The fraction of sp³-hybridized carbons (Fsp3) is 0.296. The van der Waals surface area contributed by atoms with Gasteiger partial charge in [-0.05, 0) is 62.2 Å². The van der Waals surface area contributed by atoms with Crippen LogP contribution >= 0.6 is 11.3 Å². The Labute approximate surface area is 208 Å². The number of aryl methyl sites for hydroxylation is 1. The average molecular weight is 493 g/mol. The van der Waals surface area contributed by atoms with E-state index in [9.17, 15) is 4.79 Å². The van der Waals surface area contributed by atoms with Crippen molar-refractivity contribution in [2.45, 2.75) is 39.9 Å². The number of carbonyl (C=O) groups excluding carboxylic acids is 1. The largest absolute Gasteiger partial charge is 0.488 e. The molecule has 0 bridgehead atoms. The predicted molar refractivity (Wildman–Crippen MR) is 134 cm³/mol. The summed E-state index contributed by atoms with van der Waals surface area (Å²) in [6.07, 6.45) is 5.03. The van der Waals surface area contributed by atoms with E-state index in [1.54, 1.807) is 36.9 Å². The molecule has 182 valence electrons. The minimum Gasteiger partial charge on any atom is -0.488 e. The van der Waals surface area contributed by atoms with Crippen molar-refractivity contribution in [2.24, 2.45) is 0 Å². The number of aromatic nitrogens is 2. The zero-order valence-electron chi connectivity index (χ0n) is 20.0. The van der Waals surface area contributed by atoms with Crippen LogP contribution in [0.5, 0.6) is 5.75 Å². The fourth-order valence-electron chi connectivity index (χ4n) is 3.53. The third-order valence-corrected chi connectivity index (χ3v) is 6.54. The van der Waals surface area contributed by atoms with Crippen LogP contribution in [0.2, 0.25) is 0 Å². The Morgan fingerprint density at radius 2 is 1.86 bits per heavy atom. The molecular formula is C27H28N2O5S. The molecule has 1 unspecified atom stereocenters. The van der Waals surface area contributed by atoms with Gasteiger partial charge in [-0.3, -0.25) is 0 Å². The van der Waals surface area contributed by atoms with E-state index in [0.29, 0.717) is 32.1 Å². The van der Waals surface area contributed by atoms with Gasteiger partial charge >= 0.3 is 5.97 Å². The monoisotopic (exact) mass is 492 g/mol. The number of furan rings is 1. The average Bonchev–Trinajstić information content (AvgIpc) is 3.54. The number of rotatable bonds is 11. The van der Waals surface area contributed by atoms with Gasteiger partial charge in [-0.1, -0.05) is 12.1 Å². The minimum atomic E-state index is -0.603. The number of nitrogens with zero attached hydrogens (tertiary/aromatic N) is 2. The first-order chi connectivity index (χ1) is 17.1. The summed E-state index contributed by atoms with van der Waals surface area (Å²) >= 11 is 1.62. The molecule has 0 amide bonds. The maximum absolute atomic E-state index is 12.1. The van der Waals surface area contributed by atoms with Gasteiger partial charge < -0.3 is 18.6 Å². The molecule has 0 radical (unpaired) electrons. The summed E-state index contributed by atoms with van der Waals surface area (Å²) in [4.78, 5) is 23.2. The second kappa shape index (κ2) is 11.8. The number of hydrogen-bond acceptors (Lipinski definition) is 8. The summed E-state index contributed by atoms with van der Waals surface area (Å²) in [5.41, 5.74) is 2.96. The lowest BCUT2D eigenvalue weighted by Gasteiger charge is -2.15. The van der Waals surface area contributed by atoms with Crippen LogP contribution in [0.15, 0.2) is 65.5 Å². The molecule has 0 aliphatic carbocycles. The summed E-state index contributed by atoms with van der Waals surface area (Å²) in [5, 5.41) is 0. The van der Waals surface area contributed by atoms with Crippen molar-refractivity contribution in [3.05, 3.63) is 77.1 Å². The van der Waals surface area contributed by atoms with Gasteiger partial charge in [0.05, 0.1) is 23.3 Å². The van der Waals surface area contributed by atoms with E-state index in [-0.39, 0.29) is 5.97 Å². The van der Waals surface area contributed by atoms with Crippen molar-refractivity contribution < 1.29 is 23.4 Å². The molecule has 3 heterocycles. The van der Waals surface area contributed by atoms with Crippen molar-refractivity contribution >= 4 is 17.3 Å². The molecule has 0 spiro atoms. The number of benzene rings is 1. The van der Waals surface area contributed by atoms with Gasteiger partial charge in [0.15, 0.2) is 11.9 Å². The van der Waals surface area contributed by atoms with E-state index < -0.39 is 6.10 Å². The maximum atomic E-state index is 12.1. The van der Waals surface area contributed by atoms with E-state index in [4.69, 9.17) is 18.6 Å². The second-order valence-corrected chi connectivity index (χ2v) is 8.96. The highest BCUT2D eigenvalue weighted by Gasteiger charge is 2.20. The molecular weight excluding hydrogens is 464 g/mol. The van der Waals surface area contributed by atoms with Crippen molar-refractivity contribution in [2.75, 3.05) is 13.2 Å². The van der Waals surface area contributed by atoms with Crippen LogP contribution in [0.3, 0.4) is 0 Å². The molecule has 0 N–H and O–H groups in total. The number of ether oxygens (including phenoxy) is 3. The highest BCUT2D eigenvalue weighted by molar-refractivity contribution is 7.15. The fourth-order valence-corrected chi connectivity index (χ4v) is 4.57. The number of thiophene rings is 1. The van der Waals surface area contributed by atoms with Gasteiger partial charge in [-0.2, -0.15) is 0 Å². The summed E-state index contributed by atoms with van der Waals surface area (Å²) in [6, 6.07) is 13.5. The Morgan fingerprint density at radius 1 is 1.09 bits per heavy atom. The van der Waals surface area contributed by atoms with Gasteiger partial charge in [0.2, 0.25) is 0 Å². The van der Waals surface area contributed by atoms with Crippen molar-refractivity contribution in [1.29, 1.82) is 0 Å². The zero-order chi connectivity index (χ0) is 24.6. The van der Waals surface area contributed by atoms with E-state index in [0.717, 1.165) is 38.0 Å². The van der Waals surface area contributed by atoms with Gasteiger partial charge in [-0.25, -0.2) is 14.8 Å². The lowest BCUT2D eigenvalue weighted by Crippen LogP contribution is -2.28. The zero-order valence-corrected chi connectivity index (χ0v) is 20.8. The molecule has 3 aromatic heterocycles. The van der Waals surface area contributed by atoms with Crippen LogP contribution in [0, 0.1) is 6.92 Å². The van der Waals surface area contributed by atoms with Gasteiger partial charge in [0.25, 0.3) is 0 Å². The van der Waals surface area contributed by atoms with Gasteiger partial charge in [0, 0.05) is 30.3 Å². The molecule has 35 heavy (non-hydrogen) atoms. The van der Waals surface area contributed by atoms with Crippen molar-refractivity contribution in [3.8, 4) is 27.8 Å². The van der Waals surface area contributed by atoms with Gasteiger partial charge in [0.1, 0.15) is 18.1 Å². The quantitative estimate of drug-likeness (QED) is 0.242. The Hall–Kier alpha value is -3.49. The molecule has 7 nitrogen and oxygen atoms in total. The Balaban J connectivity index is 1.36. The lowest BCUT2D eigenvalue weighted by atomic mass is 10.1. The van der Waals surface area contributed by atoms with Crippen LogP contribution in [0.1, 0.15) is 29.9 Å².